The van der Waals surface area contributed by atoms with E-state index in [1.54, 1.807) is 13.4 Å². The van der Waals surface area contributed by atoms with Gasteiger partial charge in [0.2, 0.25) is 5.91 Å². The van der Waals surface area contributed by atoms with Gasteiger partial charge < -0.3 is 10.1 Å². The van der Waals surface area contributed by atoms with E-state index in [2.05, 4.69) is 31.4 Å². The number of thioether (sulfide) groups is 1. The van der Waals surface area contributed by atoms with Crippen molar-refractivity contribution >= 4 is 39.3 Å². The molecule has 8 heteroatoms. The standard InChI is InChI=1S/C18H17BrN4O2S/c1-12-6-7-16(15(19)8-12)21-17(24)10-26-18-22-20-11-23(18)13-4-3-5-14(9-13)25-2/h3-9,11H,10H2,1-2H3,(H,21,24). The van der Waals surface area contributed by atoms with Crippen molar-refractivity contribution in [2.45, 2.75) is 12.1 Å². The molecule has 3 aromatic rings. The first-order valence-electron chi connectivity index (χ1n) is 7.80. The van der Waals surface area contributed by atoms with Gasteiger partial charge >= 0.3 is 0 Å². The third-order valence-corrected chi connectivity index (χ3v) is 5.18. The Labute approximate surface area is 164 Å². The van der Waals surface area contributed by atoms with Crippen LogP contribution in [0.2, 0.25) is 0 Å². The number of rotatable bonds is 6. The van der Waals surface area contributed by atoms with E-state index in [0.717, 1.165) is 27.2 Å². The molecule has 0 unspecified atom stereocenters. The van der Waals surface area contributed by atoms with E-state index >= 15 is 0 Å². The van der Waals surface area contributed by atoms with E-state index in [1.807, 2.05) is 54.0 Å². The Morgan fingerprint density at radius 1 is 1.31 bits per heavy atom. The van der Waals surface area contributed by atoms with Gasteiger partial charge in [0, 0.05) is 10.5 Å². The summed E-state index contributed by atoms with van der Waals surface area (Å²) >= 11 is 4.78. The molecular formula is C18H17BrN4O2S. The number of amides is 1. The zero-order chi connectivity index (χ0) is 18.5. The van der Waals surface area contributed by atoms with Crippen molar-refractivity contribution in [2.75, 3.05) is 18.2 Å². The molecule has 0 aliphatic heterocycles. The quantitative estimate of drug-likeness (QED) is 0.594. The van der Waals surface area contributed by atoms with Crippen LogP contribution >= 0.6 is 27.7 Å². The molecule has 1 amide bonds. The molecule has 0 saturated carbocycles. The minimum Gasteiger partial charge on any atom is -0.497 e. The van der Waals surface area contributed by atoms with Crippen molar-refractivity contribution in [3.8, 4) is 11.4 Å². The van der Waals surface area contributed by atoms with Crippen LogP contribution < -0.4 is 10.1 Å². The first-order valence-corrected chi connectivity index (χ1v) is 9.58. The second kappa shape index (κ2) is 8.37. The topological polar surface area (TPSA) is 69.0 Å². The first-order chi connectivity index (χ1) is 12.6. The summed E-state index contributed by atoms with van der Waals surface area (Å²) in [7, 11) is 1.62. The lowest BCUT2D eigenvalue weighted by molar-refractivity contribution is -0.113. The number of aromatic nitrogens is 3. The maximum atomic E-state index is 12.3. The van der Waals surface area contributed by atoms with Gasteiger partial charge in [-0.2, -0.15) is 0 Å². The number of nitrogens with one attached hydrogen (secondary N) is 1. The van der Waals surface area contributed by atoms with E-state index < -0.39 is 0 Å². The van der Waals surface area contributed by atoms with E-state index in [4.69, 9.17) is 4.74 Å². The van der Waals surface area contributed by atoms with Crippen LogP contribution in [0.25, 0.3) is 5.69 Å². The molecule has 6 nitrogen and oxygen atoms in total. The Balaban J connectivity index is 1.67. The van der Waals surface area contributed by atoms with Crippen molar-refractivity contribution in [3.05, 3.63) is 58.8 Å². The first kappa shape index (κ1) is 18.5. The van der Waals surface area contributed by atoms with Gasteiger partial charge in [-0.25, -0.2) is 0 Å². The lowest BCUT2D eigenvalue weighted by Crippen LogP contribution is -2.15. The van der Waals surface area contributed by atoms with E-state index in [9.17, 15) is 4.79 Å². The van der Waals surface area contributed by atoms with Crippen molar-refractivity contribution in [2.24, 2.45) is 0 Å². The molecule has 0 atom stereocenters. The summed E-state index contributed by atoms with van der Waals surface area (Å²) in [6.45, 7) is 2.00. The highest BCUT2D eigenvalue weighted by Gasteiger charge is 2.12. The highest BCUT2D eigenvalue weighted by molar-refractivity contribution is 9.10. The molecule has 0 radical (unpaired) electrons. The van der Waals surface area contributed by atoms with E-state index in [0.29, 0.717) is 5.16 Å². The normalized spacial score (nSPS) is 10.6. The van der Waals surface area contributed by atoms with Gasteiger partial charge in [-0.05, 0) is 52.7 Å². The summed E-state index contributed by atoms with van der Waals surface area (Å²) < 4.78 is 7.93. The summed E-state index contributed by atoms with van der Waals surface area (Å²) in [6, 6.07) is 13.4. The molecule has 0 saturated heterocycles. The Bertz CT molecular complexity index is 929. The summed E-state index contributed by atoms with van der Waals surface area (Å²) in [5.74, 6) is 0.858. The van der Waals surface area contributed by atoms with Gasteiger partial charge in [-0.3, -0.25) is 9.36 Å². The predicted octanol–water partition coefficient (Wildman–Crippen LogP) is 4.08. The van der Waals surface area contributed by atoms with Crippen molar-refractivity contribution in [1.82, 2.24) is 14.8 Å². The molecule has 134 valence electrons. The second-order valence-electron chi connectivity index (χ2n) is 5.51. The van der Waals surface area contributed by atoms with Crippen LogP contribution in [0.4, 0.5) is 5.69 Å². The smallest absolute Gasteiger partial charge is 0.234 e. The van der Waals surface area contributed by atoms with Crippen LogP contribution in [-0.4, -0.2) is 33.5 Å². The van der Waals surface area contributed by atoms with Crippen LogP contribution in [0.15, 0.2) is 58.4 Å². The number of ether oxygens (including phenoxy) is 1. The number of methoxy groups -OCH3 is 1. The molecule has 0 bridgehead atoms. The van der Waals surface area contributed by atoms with Crippen LogP contribution in [-0.2, 0) is 4.79 Å². The Hall–Kier alpha value is -2.32. The Kier molecular flexibility index (Phi) is 5.95. The SMILES string of the molecule is COc1cccc(-n2cnnc2SCC(=O)Nc2ccc(C)cc2Br)c1. The van der Waals surface area contributed by atoms with Crippen LogP contribution in [0.5, 0.6) is 5.75 Å². The van der Waals surface area contributed by atoms with Gasteiger partial charge in [0.15, 0.2) is 5.16 Å². The van der Waals surface area contributed by atoms with Gasteiger partial charge in [0.05, 0.1) is 24.2 Å². The lowest BCUT2D eigenvalue weighted by Gasteiger charge is -2.09. The minimum absolute atomic E-state index is 0.111. The fourth-order valence-corrected chi connectivity index (χ4v) is 3.62. The fourth-order valence-electron chi connectivity index (χ4n) is 2.30. The number of anilines is 1. The van der Waals surface area contributed by atoms with Crippen molar-refractivity contribution in [3.63, 3.8) is 0 Å². The third-order valence-electron chi connectivity index (χ3n) is 3.58. The molecule has 1 N–H and O–H groups in total. The van der Waals surface area contributed by atoms with Gasteiger partial charge in [0.1, 0.15) is 12.1 Å². The molecule has 3 rings (SSSR count). The zero-order valence-electron chi connectivity index (χ0n) is 14.3. The minimum atomic E-state index is -0.111. The summed E-state index contributed by atoms with van der Waals surface area (Å²) in [5, 5.41) is 11.6. The Morgan fingerprint density at radius 2 is 2.15 bits per heavy atom. The molecule has 1 aromatic heterocycles. The van der Waals surface area contributed by atoms with Crippen LogP contribution in [0.3, 0.4) is 0 Å². The average molecular weight is 433 g/mol. The third kappa shape index (κ3) is 4.44. The van der Waals surface area contributed by atoms with Crippen LogP contribution in [0.1, 0.15) is 5.56 Å². The van der Waals surface area contributed by atoms with Gasteiger partial charge in [-0.15, -0.1) is 10.2 Å². The van der Waals surface area contributed by atoms with Gasteiger partial charge in [-0.1, -0.05) is 23.9 Å². The van der Waals surface area contributed by atoms with Gasteiger partial charge in [0.25, 0.3) is 0 Å². The number of carbonyl (C=O) groups is 1. The summed E-state index contributed by atoms with van der Waals surface area (Å²) in [4.78, 5) is 12.3. The van der Waals surface area contributed by atoms with Crippen molar-refractivity contribution in [1.29, 1.82) is 0 Å². The number of hydrogen-bond donors (Lipinski definition) is 1. The monoisotopic (exact) mass is 432 g/mol. The molecule has 0 aliphatic rings. The number of benzene rings is 2. The number of hydrogen-bond acceptors (Lipinski definition) is 5. The number of halogens is 1. The summed E-state index contributed by atoms with van der Waals surface area (Å²) in [6.07, 6.45) is 1.62. The molecule has 2 aromatic carbocycles. The second-order valence-corrected chi connectivity index (χ2v) is 7.30. The number of nitrogens with zero attached hydrogens (tertiary/aromatic N) is 3. The average Bonchev–Trinajstić information content (AvgIpc) is 3.11. The number of aryl methyl sites for hydroxylation is 1. The maximum Gasteiger partial charge on any atom is 0.234 e. The molecule has 1 heterocycles. The van der Waals surface area contributed by atoms with Crippen LogP contribution in [0, 0.1) is 6.92 Å². The van der Waals surface area contributed by atoms with Crippen molar-refractivity contribution < 1.29 is 9.53 Å². The molecule has 0 spiro atoms. The van der Waals surface area contributed by atoms with E-state index in [-0.39, 0.29) is 11.7 Å². The maximum absolute atomic E-state index is 12.3. The molecule has 26 heavy (non-hydrogen) atoms. The van der Waals surface area contributed by atoms with E-state index in [1.165, 1.54) is 11.8 Å². The highest BCUT2D eigenvalue weighted by Crippen LogP contribution is 2.25. The molecule has 0 fully saturated rings. The Morgan fingerprint density at radius 3 is 2.92 bits per heavy atom. The highest BCUT2D eigenvalue weighted by atomic mass is 79.9. The predicted molar refractivity (Wildman–Crippen MR) is 106 cm³/mol. The number of carbonyl (C=O) groups excluding carboxylic acids is 1. The largest absolute Gasteiger partial charge is 0.497 e. The zero-order valence-corrected chi connectivity index (χ0v) is 16.7. The lowest BCUT2D eigenvalue weighted by atomic mass is 10.2. The summed E-state index contributed by atoms with van der Waals surface area (Å²) in [5.41, 5.74) is 2.74. The molecular weight excluding hydrogens is 416 g/mol. The molecule has 0 aliphatic carbocycles. The fraction of sp³-hybridized carbons (Fsp3) is 0.167.